The van der Waals surface area contributed by atoms with Crippen LogP contribution in [0.1, 0.15) is 110 Å². The zero-order valence-corrected chi connectivity index (χ0v) is 16.0. The maximum absolute atomic E-state index is 5.48. The summed E-state index contributed by atoms with van der Waals surface area (Å²) < 4.78 is 0. The van der Waals surface area contributed by atoms with Gasteiger partial charge in [-0.15, -0.1) is 24.8 Å². The van der Waals surface area contributed by atoms with Crippen molar-refractivity contribution in [2.24, 2.45) is 5.73 Å². The zero-order chi connectivity index (χ0) is 14.0. The highest BCUT2D eigenvalue weighted by Gasteiger charge is 1.94. The molecule has 21 heavy (non-hydrogen) atoms. The minimum atomic E-state index is 0. The van der Waals surface area contributed by atoms with Crippen molar-refractivity contribution in [3.8, 4) is 0 Å². The van der Waals surface area contributed by atoms with Crippen molar-refractivity contribution < 1.29 is 0 Å². The molecule has 1 nitrogen and oxygen atoms in total. The molecule has 0 fully saturated rings. The molecule has 0 rings (SSSR count). The Morgan fingerprint density at radius 1 is 0.429 bits per heavy atom. The minimum Gasteiger partial charge on any atom is -0.330 e. The molecule has 0 radical (unpaired) electrons. The van der Waals surface area contributed by atoms with Crippen LogP contribution in [-0.2, 0) is 0 Å². The van der Waals surface area contributed by atoms with E-state index in [0.29, 0.717) is 0 Å². The zero-order valence-electron chi connectivity index (χ0n) is 14.4. The third-order valence-electron chi connectivity index (χ3n) is 4.06. The fraction of sp³-hybridized carbons (Fsp3) is 1.00. The Labute approximate surface area is 147 Å². The fourth-order valence-electron chi connectivity index (χ4n) is 2.69. The highest BCUT2D eigenvalue weighted by atomic mass is 35.5. The SMILES string of the molecule is CCCCCCCCCCCCCCCCCCN.Cl.Cl. The molecule has 0 aromatic rings. The molecular weight excluding hydrogens is 301 g/mol. The van der Waals surface area contributed by atoms with Crippen molar-refractivity contribution in [1.82, 2.24) is 0 Å². The first-order valence-electron chi connectivity index (χ1n) is 9.12. The molecule has 0 bridgehead atoms. The standard InChI is InChI=1S/C18H39N.2ClH/c1-2-3-4-5-6-7-8-9-10-11-12-13-14-15-16-17-18-19;;/h2-19H2,1H3;2*1H. The van der Waals surface area contributed by atoms with Crippen LogP contribution in [0.4, 0.5) is 0 Å². The first kappa shape index (κ1) is 26.4. The van der Waals surface area contributed by atoms with Gasteiger partial charge < -0.3 is 5.73 Å². The van der Waals surface area contributed by atoms with Crippen molar-refractivity contribution in [3.63, 3.8) is 0 Å². The molecule has 0 aliphatic rings. The number of nitrogens with two attached hydrogens (primary N) is 1. The van der Waals surface area contributed by atoms with Gasteiger partial charge in [0.1, 0.15) is 0 Å². The van der Waals surface area contributed by atoms with Crippen LogP contribution in [-0.4, -0.2) is 6.54 Å². The first-order valence-corrected chi connectivity index (χ1v) is 9.12. The van der Waals surface area contributed by atoms with Gasteiger partial charge in [-0.25, -0.2) is 0 Å². The molecule has 0 aromatic carbocycles. The fourth-order valence-corrected chi connectivity index (χ4v) is 2.69. The molecule has 0 saturated carbocycles. The van der Waals surface area contributed by atoms with Crippen molar-refractivity contribution in [3.05, 3.63) is 0 Å². The average Bonchev–Trinajstić information content (AvgIpc) is 2.43. The van der Waals surface area contributed by atoms with Crippen LogP contribution in [0.5, 0.6) is 0 Å². The molecule has 0 atom stereocenters. The normalized spacial score (nSPS) is 10.0. The summed E-state index contributed by atoms with van der Waals surface area (Å²) in [4.78, 5) is 0. The smallest absolute Gasteiger partial charge is 0.00773 e. The molecule has 0 aromatic heterocycles. The molecule has 0 amide bonds. The van der Waals surface area contributed by atoms with E-state index in [2.05, 4.69) is 6.92 Å². The van der Waals surface area contributed by atoms with E-state index in [9.17, 15) is 0 Å². The minimum absolute atomic E-state index is 0. The number of hydrogen-bond acceptors (Lipinski definition) is 1. The lowest BCUT2D eigenvalue weighted by Gasteiger charge is -2.03. The van der Waals surface area contributed by atoms with Crippen LogP contribution in [0.3, 0.4) is 0 Å². The highest BCUT2D eigenvalue weighted by Crippen LogP contribution is 2.13. The van der Waals surface area contributed by atoms with Crippen molar-refractivity contribution in [1.29, 1.82) is 0 Å². The third-order valence-corrected chi connectivity index (χ3v) is 4.06. The molecule has 3 heteroatoms. The van der Waals surface area contributed by atoms with Crippen LogP contribution in [0.25, 0.3) is 0 Å². The van der Waals surface area contributed by atoms with Gasteiger partial charge in [0, 0.05) is 0 Å². The van der Waals surface area contributed by atoms with Gasteiger partial charge in [-0.2, -0.15) is 0 Å². The molecular formula is C18H41Cl2N. The molecule has 0 aliphatic carbocycles. The first-order chi connectivity index (χ1) is 9.41. The van der Waals surface area contributed by atoms with E-state index in [1.54, 1.807) is 0 Å². The molecule has 0 unspecified atom stereocenters. The number of halogens is 2. The summed E-state index contributed by atoms with van der Waals surface area (Å²) in [5, 5.41) is 0. The monoisotopic (exact) mass is 341 g/mol. The van der Waals surface area contributed by atoms with Gasteiger partial charge in [-0.3, -0.25) is 0 Å². The van der Waals surface area contributed by atoms with E-state index >= 15 is 0 Å². The molecule has 2 N–H and O–H groups in total. The van der Waals surface area contributed by atoms with E-state index in [4.69, 9.17) is 5.73 Å². The second kappa shape index (κ2) is 25.5. The predicted octanol–water partition coefficient (Wildman–Crippen LogP) is 7.05. The molecule has 0 aliphatic heterocycles. The number of rotatable bonds is 16. The van der Waals surface area contributed by atoms with Gasteiger partial charge in [0.25, 0.3) is 0 Å². The summed E-state index contributed by atoms with van der Waals surface area (Å²) in [7, 11) is 0. The Balaban J connectivity index is -0.00000162. The lowest BCUT2D eigenvalue weighted by atomic mass is 10.0. The Bertz CT molecular complexity index is 138. The van der Waals surface area contributed by atoms with Crippen LogP contribution in [0, 0.1) is 0 Å². The summed E-state index contributed by atoms with van der Waals surface area (Å²) in [6.07, 6.45) is 22.9. The van der Waals surface area contributed by atoms with Crippen molar-refractivity contribution in [2.45, 2.75) is 110 Å². The van der Waals surface area contributed by atoms with Crippen molar-refractivity contribution >= 4 is 24.8 Å². The Hall–Kier alpha value is 0.540. The van der Waals surface area contributed by atoms with Crippen LogP contribution in [0.15, 0.2) is 0 Å². The van der Waals surface area contributed by atoms with Crippen LogP contribution in [0.2, 0.25) is 0 Å². The van der Waals surface area contributed by atoms with Crippen molar-refractivity contribution in [2.75, 3.05) is 6.54 Å². The molecule has 132 valence electrons. The van der Waals surface area contributed by atoms with Crippen LogP contribution >= 0.6 is 24.8 Å². The van der Waals surface area contributed by atoms with E-state index in [1.807, 2.05) is 0 Å². The second-order valence-corrected chi connectivity index (χ2v) is 6.09. The van der Waals surface area contributed by atoms with E-state index in [-0.39, 0.29) is 24.8 Å². The molecule has 0 saturated heterocycles. The molecule has 0 heterocycles. The predicted molar refractivity (Wildman–Crippen MR) is 103 cm³/mol. The van der Waals surface area contributed by atoms with Crippen LogP contribution < -0.4 is 5.73 Å². The number of hydrogen-bond donors (Lipinski definition) is 1. The van der Waals surface area contributed by atoms with Gasteiger partial charge >= 0.3 is 0 Å². The topological polar surface area (TPSA) is 26.0 Å². The second-order valence-electron chi connectivity index (χ2n) is 6.09. The summed E-state index contributed by atoms with van der Waals surface area (Å²) in [5.74, 6) is 0. The summed E-state index contributed by atoms with van der Waals surface area (Å²) >= 11 is 0. The van der Waals surface area contributed by atoms with E-state index in [0.717, 1.165) is 6.54 Å². The maximum Gasteiger partial charge on any atom is -0.00773 e. The Morgan fingerprint density at radius 3 is 0.905 bits per heavy atom. The Kier molecular flexibility index (Phi) is 32.1. The lowest BCUT2D eigenvalue weighted by Crippen LogP contribution is -1.97. The van der Waals surface area contributed by atoms with Gasteiger partial charge in [-0.05, 0) is 13.0 Å². The molecule has 0 spiro atoms. The van der Waals surface area contributed by atoms with E-state index < -0.39 is 0 Å². The van der Waals surface area contributed by atoms with Gasteiger partial charge in [-0.1, -0.05) is 103 Å². The number of unbranched alkanes of at least 4 members (excludes halogenated alkanes) is 15. The quantitative estimate of drug-likeness (QED) is 0.299. The van der Waals surface area contributed by atoms with E-state index in [1.165, 1.54) is 103 Å². The highest BCUT2D eigenvalue weighted by molar-refractivity contribution is 5.85. The van der Waals surface area contributed by atoms with Gasteiger partial charge in [0.2, 0.25) is 0 Å². The largest absolute Gasteiger partial charge is 0.330 e. The Morgan fingerprint density at radius 2 is 0.667 bits per heavy atom. The third kappa shape index (κ3) is 25.8. The lowest BCUT2D eigenvalue weighted by molar-refractivity contribution is 0.530. The summed E-state index contributed by atoms with van der Waals surface area (Å²) in [5.41, 5.74) is 5.48. The maximum atomic E-state index is 5.48. The summed E-state index contributed by atoms with van der Waals surface area (Å²) in [6.45, 7) is 3.16. The summed E-state index contributed by atoms with van der Waals surface area (Å²) in [6, 6.07) is 0. The van der Waals surface area contributed by atoms with Gasteiger partial charge in [0.05, 0.1) is 0 Å². The van der Waals surface area contributed by atoms with Gasteiger partial charge in [0.15, 0.2) is 0 Å². The average molecular weight is 342 g/mol.